The van der Waals surface area contributed by atoms with E-state index in [9.17, 15) is 4.79 Å². The molecule has 1 amide bonds. The van der Waals surface area contributed by atoms with E-state index in [0.717, 1.165) is 32.8 Å². The molecule has 2 heterocycles. The lowest BCUT2D eigenvalue weighted by molar-refractivity contribution is -0.115. The number of imidazole rings is 1. The van der Waals surface area contributed by atoms with Crippen molar-refractivity contribution in [3.8, 4) is 0 Å². The minimum Gasteiger partial charge on any atom is -0.333 e. The van der Waals surface area contributed by atoms with Gasteiger partial charge in [0.2, 0.25) is 5.91 Å². The largest absolute Gasteiger partial charge is 0.333 e. The summed E-state index contributed by atoms with van der Waals surface area (Å²) in [4.78, 5) is 24.8. The van der Waals surface area contributed by atoms with Crippen molar-refractivity contribution < 1.29 is 4.79 Å². The number of nitrogens with zero attached hydrogens (tertiary/aromatic N) is 2. The predicted molar refractivity (Wildman–Crippen MR) is 107 cm³/mol. The van der Waals surface area contributed by atoms with Crippen LogP contribution in [0.15, 0.2) is 59.9 Å². The molecule has 0 bridgehead atoms. The van der Waals surface area contributed by atoms with Gasteiger partial charge in [-0.3, -0.25) is 9.78 Å². The molecular formula is C20H18N4OS. The number of nitrogens with one attached hydrogen (secondary N) is 2. The monoisotopic (exact) mass is 362 g/mol. The van der Waals surface area contributed by atoms with Gasteiger partial charge in [0.25, 0.3) is 0 Å². The van der Waals surface area contributed by atoms with Gasteiger partial charge in [-0.1, -0.05) is 23.9 Å². The summed E-state index contributed by atoms with van der Waals surface area (Å²) < 4.78 is 0. The van der Waals surface area contributed by atoms with E-state index in [-0.39, 0.29) is 11.2 Å². The van der Waals surface area contributed by atoms with E-state index in [1.165, 1.54) is 17.3 Å². The van der Waals surface area contributed by atoms with E-state index in [4.69, 9.17) is 0 Å². The molecule has 0 spiro atoms. The number of hydrogen-bond donors (Lipinski definition) is 2. The van der Waals surface area contributed by atoms with Gasteiger partial charge in [0, 0.05) is 11.6 Å². The Kier molecular flexibility index (Phi) is 4.34. The molecule has 2 aromatic carbocycles. The van der Waals surface area contributed by atoms with Crippen molar-refractivity contribution in [2.45, 2.75) is 24.3 Å². The number of anilines is 1. The average molecular weight is 362 g/mol. The van der Waals surface area contributed by atoms with Crippen LogP contribution in [-0.4, -0.2) is 26.1 Å². The van der Waals surface area contributed by atoms with Crippen LogP contribution in [0, 0.1) is 6.92 Å². The first-order valence-corrected chi connectivity index (χ1v) is 9.26. The Morgan fingerprint density at radius 2 is 2.04 bits per heavy atom. The van der Waals surface area contributed by atoms with Crippen LogP contribution in [0.25, 0.3) is 21.9 Å². The smallest absolute Gasteiger partial charge is 0.237 e. The van der Waals surface area contributed by atoms with E-state index in [2.05, 4.69) is 26.3 Å². The Morgan fingerprint density at radius 3 is 2.92 bits per heavy atom. The first-order valence-electron chi connectivity index (χ1n) is 8.38. The van der Waals surface area contributed by atoms with Crippen LogP contribution in [0.1, 0.15) is 12.5 Å². The number of aromatic amines is 1. The highest BCUT2D eigenvalue weighted by molar-refractivity contribution is 8.00. The molecule has 0 saturated carbocycles. The molecule has 4 rings (SSSR count). The highest BCUT2D eigenvalue weighted by atomic mass is 32.2. The number of carbonyl (C=O) groups excluding carboxylic acids is 1. The lowest BCUT2D eigenvalue weighted by atomic mass is 10.2. The highest BCUT2D eigenvalue weighted by Crippen LogP contribution is 2.26. The molecule has 2 aromatic heterocycles. The molecule has 1 unspecified atom stereocenters. The number of benzene rings is 2. The maximum Gasteiger partial charge on any atom is 0.237 e. The van der Waals surface area contributed by atoms with Gasteiger partial charge < -0.3 is 10.3 Å². The quantitative estimate of drug-likeness (QED) is 0.523. The van der Waals surface area contributed by atoms with Crippen molar-refractivity contribution in [2.24, 2.45) is 0 Å². The van der Waals surface area contributed by atoms with Crippen LogP contribution in [0.2, 0.25) is 0 Å². The van der Waals surface area contributed by atoms with Gasteiger partial charge in [-0.25, -0.2) is 4.98 Å². The summed E-state index contributed by atoms with van der Waals surface area (Å²) in [7, 11) is 0. The topological polar surface area (TPSA) is 70.7 Å². The van der Waals surface area contributed by atoms with Crippen LogP contribution >= 0.6 is 11.8 Å². The molecule has 0 saturated heterocycles. The molecule has 0 aliphatic carbocycles. The van der Waals surface area contributed by atoms with Gasteiger partial charge in [-0.2, -0.15) is 0 Å². The summed E-state index contributed by atoms with van der Waals surface area (Å²) in [6.45, 7) is 3.92. The number of H-pyrrole nitrogens is 1. The van der Waals surface area contributed by atoms with E-state index in [1.807, 2.05) is 56.3 Å². The Balaban J connectivity index is 1.51. The maximum absolute atomic E-state index is 12.6. The van der Waals surface area contributed by atoms with Gasteiger partial charge in [-0.05, 0) is 55.8 Å². The molecular weight excluding hydrogens is 344 g/mol. The number of fused-ring (bicyclic) bond motifs is 2. The highest BCUT2D eigenvalue weighted by Gasteiger charge is 2.17. The molecule has 6 heteroatoms. The first-order chi connectivity index (χ1) is 12.6. The molecule has 0 aliphatic heterocycles. The fraction of sp³-hybridized carbons (Fsp3) is 0.150. The van der Waals surface area contributed by atoms with Crippen molar-refractivity contribution in [1.29, 1.82) is 0 Å². The lowest BCUT2D eigenvalue weighted by Gasteiger charge is -2.12. The molecule has 0 radical (unpaired) electrons. The minimum atomic E-state index is -0.288. The van der Waals surface area contributed by atoms with Crippen molar-refractivity contribution in [2.75, 3.05) is 5.32 Å². The van der Waals surface area contributed by atoms with Crippen molar-refractivity contribution in [3.05, 3.63) is 60.3 Å². The summed E-state index contributed by atoms with van der Waals surface area (Å²) in [6, 6.07) is 15.6. The summed E-state index contributed by atoms with van der Waals surface area (Å²) in [5.41, 5.74) is 4.70. The lowest BCUT2D eigenvalue weighted by Crippen LogP contribution is -2.22. The van der Waals surface area contributed by atoms with E-state index in [0.29, 0.717) is 0 Å². The molecule has 1 atom stereocenters. The molecule has 2 N–H and O–H groups in total. The Hall–Kier alpha value is -2.86. The first kappa shape index (κ1) is 16.6. The zero-order valence-electron chi connectivity index (χ0n) is 14.5. The Morgan fingerprint density at radius 1 is 1.15 bits per heavy atom. The molecule has 0 aliphatic rings. The van der Waals surface area contributed by atoms with Gasteiger partial charge >= 0.3 is 0 Å². The second-order valence-corrected chi connectivity index (χ2v) is 7.52. The average Bonchev–Trinajstić information content (AvgIpc) is 3.03. The summed E-state index contributed by atoms with van der Waals surface area (Å²) in [5.74, 6) is -0.0667. The number of pyridine rings is 1. The predicted octanol–water partition coefficient (Wildman–Crippen LogP) is 4.54. The van der Waals surface area contributed by atoms with Crippen molar-refractivity contribution in [3.63, 3.8) is 0 Å². The van der Waals surface area contributed by atoms with Crippen LogP contribution in [0.3, 0.4) is 0 Å². The molecule has 0 fully saturated rings. The molecule has 130 valence electrons. The number of aromatic nitrogens is 3. The Labute approximate surface area is 155 Å². The second kappa shape index (κ2) is 6.80. The second-order valence-electron chi connectivity index (χ2n) is 6.19. The van der Waals surface area contributed by atoms with E-state index >= 15 is 0 Å². The van der Waals surface area contributed by atoms with Gasteiger partial charge in [-0.15, -0.1) is 0 Å². The van der Waals surface area contributed by atoms with Gasteiger partial charge in [0.15, 0.2) is 5.16 Å². The maximum atomic E-state index is 12.6. The summed E-state index contributed by atoms with van der Waals surface area (Å²) in [5, 5.41) is 4.39. The van der Waals surface area contributed by atoms with Crippen molar-refractivity contribution in [1.82, 2.24) is 15.0 Å². The van der Waals surface area contributed by atoms with E-state index < -0.39 is 0 Å². The normalized spacial score (nSPS) is 12.4. The summed E-state index contributed by atoms with van der Waals surface area (Å²) >= 11 is 1.41. The van der Waals surface area contributed by atoms with Crippen LogP contribution in [0.5, 0.6) is 0 Å². The standard InChI is InChI=1S/C20H18N4OS/c1-12-8-9-17-18(11-12)24-20(23-17)26-13(2)19(25)22-16-7-3-6-15-14(16)5-4-10-21-15/h3-11,13H,1-2H3,(H,22,25)(H,23,24). The van der Waals surface area contributed by atoms with E-state index in [1.54, 1.807) is 6.20 Å². The zero-order valence-corrected chi connectivity index (χ0v) is 15.3. The third-order valence-electron chi connectivity index (χ3n) is 4.18. The third-order valence-corrected chi connectivity index (χ3v) is 5.16. The van der Waals surface area contributed by atoms with Crippen molar-refractivity contribution >= 4 is 45.3 Å². The van der Waals surface area contributed by atoms with Crippen LogP contribution in [-0.2, 0) is 4.79 Å². The SMILES string of the molecule is Cc1ccc2nc(SC(C)C(=O)Nc3cccc4ncccc34)[nH]c2c1. The molecule has 26 heavy (non-hydrogen) atoms. The number of carbonyl (C=O) groups is 1. The van der Waals surface area contributed by atoms with Crippen LogP contribution in [0.4, 0.5) is 5.69 Å². The fourth-order valence-corrected chi connectivity index (χ4v) is 3.64. The summed E-state index contributed by atoms with van der Waals surface area (Å²) in [6.07, 6.45) is 1.75. The number of aryl methyl sites for hydroxylation is 1. The minimum absolute atomic E-state index is 0.0667. The Bertz CT molecular complexity index is 1100. The van der Waals surface area contributed by atoms with Crippen LogP contribution < -0.4 is 5.32 Å². The number of rotatable bonds is 4. The number of thioether (sulfide) groups is 1. The molecule has 4 aromatic rings. The number of amides is 1. The fourth-order valence-electron chi connectivity index (χ4n) is 2.82. The third kappa shape index (κ3) is 3.28. The van der Waals surface area contributed by atoms with Gasteiger partial charge in [0.1, 0.15) is 0 Å². The zero-order chi connectivity index (χ0) is 18.1. The number of hydrogen-bond acceptors (Lipinski definition) is 4. The van der Waals surface area contributed by atoms with Gasteiger partial charge in [0.05, 0.1) is 27.5 Å². The molecule has 5 nitrogen and oxygen atoms in total.